The van der Waals surface area contributed by atoms with Crippen LogP contribution in [0.15, 0.2) is 72.8 Å². The molecule has 5 rings (SSSR count). The minimum atomic E-state index is 0.835. The SMILES string of the molecule is COc1ccc(-c2ccc(N3CCN(c4ccc5ccccc5n4)CC3)nn2)cc1. The van der Waals surface area contributed by atoms with Gasteiger partial charge in [-0.25, -0.2) is 4.98 Å². The Bertz CT molecular complexity index is 1140. The number of fused-ring (bicyclic) bond motifs is 1. The van der Waals surface area contributed by atoms with Crippen LogP contribution < -0.4 is 14.5 Å². The molecule has 30 heavy (non-hydrogen) atoms. The van der Waals surface area contributed by atoms with Gasteiger partial charge in [-0.15, -0.1) is 10.2 Å². The molecule has 0 atom stereocenters. The van der Waals surface area contributed by atoms with Gasteiger partial charge < -0.3 is 14.5 Å². The van der Waals surface area contributed by atoms with Crippen molar-refractivity contribution >= 4 is 22.5 Å². The van der Waals surface area contributed by atoms with Gasteiger partial charge in [-0.05, 0) is 54.6 Å². The van der Waals surface area contributed by atoms with E-state index in [2.05, 4.69) is 50.3 Å². The highest BCUT2D eigenvalue weighted by Gasteiger charge is 2.19. The first-order valence-electron chi connectivity index (χ1n) is 10.1. The summed E-state index contributed by atoms with van der Waals surface area (Å²) in [5.41, 5.74) is 2.93. The molecule has 2 aromatic carbocycles. The van der Waals surface area contributed by atoms with E-state index >= 15 is 0 Å². The van der Waals surface area contributed by atoms with E-state index in [9.17, 15) is 0 Å². The van der Waals surface area contributed by atoms with Crippen molar-refractivity contribution < 1.29 is 4.74 Å². The fraction of sp³-hybridized carbons (Fsp3) is 0.208. The molecule has 0 unspecified atom stereocenters. The van der Waals surface area contributed by atoms with E-state index in [0.29, 0.717) is 0 Å². The van der Waals surface area contributed by atoms with Crippen LogP contribution in [-0.2, 0) is 0 Å². The minimum Gasteiger partial charge on any atom is -0.497 e. The van der Waals surface area contributed by atoms with E-state index in [0.717, 1.165) is 60.3 Å². The molecule has 0 spiro atoms. The lowest BCUT2D eigenvalue weighted by Gasteiger charge is -2.35. The Balaban J connectivity index is 1.25. The van der Waals surface area contributed by atoms with Gasteiger partial charge in [0.15, 0.2) is 5.82 Å². The van der Waals surface area contributed by atoms with Crippen LogP contribution >= 0.6 is 0 Å². The van der Waals surface area contributed by atoms with Crippen molar-refractivity contribution in [2.24, 2.45) is 0 Å². The Hall–Kier alpha value is -3.67. The maximum atomic E-state index is 5.21. The molecule has 1 aliphatic heterocycles. The minimum absolute atomic E-state index is 0.835. The van der Waals surface area contributed by atoms with Crippen molar-refractivity contribution in [3.05, 3.63) is 72.8 Å². The van der Waals surface area contributed by atoms with Crippen LogP contribution in [0, 0.1) is 0 Å². The van der Waals surface area contributed by atoms with Crippen LogP contribution in [0.25, 0.3) is 22.2 Å². The highest BCUT2D eigenvalue weighted by Crippen LogP contribution is 2.23. The predicted octanol–water partition coefficient (Wildman–Crippen LogP) is 4.03. The Labute approximate surface area is 175 Å². The van der Waals surface area contributed by atoms with Crippen LogP contribution in [0.4, 0.5) is 11.6 Å². The molecule has 1 aliphatic rings. The van der Waals surface area contributed by atoms with Crippen molar-refractivity contribution in [3.63, 3.8) is 0 Å². The van der Waals surface area contributed by atoms with E-state index in [4.69, 9.17) is 9.72 Å². The molecule has 6 heteroatoms. The van der Waals surface area contributed by atoms with Gasteiger partial charge >= 0.3 is 0 Å². The molecule has 3 heterocycles. The third kappa shape index (κ3) is 3.64. The first kappa shape index (κ1) is 18.4. The maximum Gasteiger partial charge on any atom is 0.151 e. The summed E-state index contributed by atoms with van der Waals surface area (Å²) in [6, 6.07) is 24.4. The fourth-order valence-electron chi connectivity index (χ4n) is 3.81. The third-order valence-corrected chi connectivity index (χ3v) is 5.55. The lowest BCUT2D eigenvalue weighted by Crippen LogP contribution is -2.47. The molecule has 1 fully saturated rings. The molecule has 0 bridgehead atoms. The Kier molecular flexibility index (Phi) is 4.89. The molecule has 1 saturated heterocycles. The van der Waals surface area contributed by atoms with Gasteiger partial charge in [0.05, 0.1) is 18.3 Å². The van der Waals surface area contributed by atoms with Crippen molar-refractivity contribution in [2.75, 3.05) is 43.1 Å². The molecule has 0 aliphatic carbocycles. The second kappa shape index (κ2) is 7.99. The van der Waals surface area contributed by atoms with E-state index in [1.807, 2.05) is 42.5 Å². The van der Waals surface area contributed by atoms with Crippen LogP contribution in [0.3, 0.4) is 0 Å². The number of pyridine rings is 1. The van der Waals surface area contributed by atoms with Gasteiger partial charge in [0.1, 0.15) is 11.6 Å². The summed E-state index contributed by atoms with van der Waals surface area (Å²) in [4.78, 5) is 9.44. The number of piperazine rings is 1. The first-order chi connectivity index (χ1) is 14.8. The average molecular weight is 397 g/mol. The van der Waals surface area contributed by atoms with Gasteiger partial charge in [0.2, 0.25) is 0 Å². The van der Waals surface area contributed by atoms with E-state index < -0.39 is 0 Å². The second-order valence-electron chi connectivity index (χ2n) is 7.34. The molecule has 0 radical (unpaired) electrons. The molecule has 0 saturated carbocycles. The molecular weight excluding hydrogens is 374 g/mol. The zero-order valence-corrected chi connectivity index (χ0v) is 16.9. The number of methoxy groups -OCH3 is 1. The lowest BCUT2D eigenvalue weighted by molar-refractivity contribution is 0.415. The summed E-state index contributed by atoms with van der Waals surface area (Å²) in [6.45, 7) is 3.61. The number of benzene rings is 2. The summed E-state index contributed by atoms with van der Waals surface area (Å²) in [6.07, 6.45) is 0. The highest BCUT2D eigenvalue weighted by atomic mass is 16.5. The second-order valence-corrected chi connectivity index (χ2v) is 7.34. The van der Waals surface area contributed by atoms with Crippen molar-refractivity contribution in [3.8, 4) is 17.0 Å². The summed E-state index contributed by atoms with van der Waals surface area (Å²) < 4.78 is 5.21. The zero-order valence-electron chi connectivity index (χ0n) is 16.9. The number of anilines is 2. The Morgan fingerprint density at radius 1 is 0.700 bits per heavy atom. The van der Waals surface area contributed by atoms with E-state index in [-0.39, 0.29) is 0 Å². The monoisotopic (exact) mass is 397 g/mol. The highest BCUT2D eigenvalue weighted by molar-refractivity contribution is 5.80. The number of rotatable bonds is 4. The number of nitrogens with zero attached hydrogens (tertiary/aromatic N) is 5. The summed E-state index contributed by atoms with van der Waals surface area (Å²) in [5, 5.41) is 10.1. The van der Waals surface area contributed by atoms with E-state index in [1.54, 1.807) is 7.11 Å². The topological polar surface area (TPSA) is 54.4 Å². The van der Waals surface area contributed by atoms with Crippen LogP contribution in [0.5, 0.6) is 5.75 Å². The summed E-state index contributed by atoms with van der Waals surface area (Å²) in [5.74, 6) is 2.79. The van der Waals surface area contributed by atoms with Crippen LogP contribution in [0.1, 0.15) is 0 Å². The summed E-state index contributed by atoms with van der Waals surface area (Å²) in [7, 11) is 1.67. The number of para-hydroxylation sites is 1. The van der Waals surface area contributed by atoms with Gasteiger partial charge in [0, 0.05) is 37.1 Å². The Morgan fingerprint density at radius 2 is 1.40 bits per heavy atom. The average Bonchev–Trinajstić information content (AvgIpc) is 2.84. The largest absolute Gasteiger partial charge is 0.497 e. The van der Waals surface area contributed by atoms with Gasteiger partial charge in [-0.2, -0.15) is 0 Å². The standard InChI is InChI=1S/C24H23N5O/c1-30-20-9-6-19(7-10-20)22-11-13-24(27-26-22)29-16-14-28(15-17-29)23-12-8-18-4-2-3-5-21(18)25-23/h2-13H,14-17H2,1H3. The molecule has 0 amide bonds. The van der Waals surface area contributed by atoms with Crippen LogP contribution in [-0.4, -0.2) is 48.5 Å². The molecular formula is C24H23N5O. The molecule has 0 N–H and O–H groups in total. The number of hydrogen-bond acceptors (Lipinski definition) is 6. The Morgan fingerprint density at radius 3 is 2.10 bits per heavy atom. The molecule has 150 valence electrons. The van der Waals surface area contributed by atoms with Crippen molar-refractivity contribution in [1.82, 2.24) is 15.2 Å². The fourth-order valence-corrected chi connectivity index (χ4v) is 3.81. The zero-order chi connectivity index (χ0) is 20.3. The first-order valence-corrected chi connectivity index (χ1v) is 10.1. The normalized spacial score (nSPS) is 14.2. The molecule has 4 aromatic rings. The van der Waals surface area contributed by atoms with Crippen molar-refractivity contribution in [1.29, 1.82) is 0 Å². The molecule has 2 aromatic heterocycles. The molecule has 6 nitrogen and oxygen atoms in total. The number of ether oxygens (including phenoxy) is 1. The third-order valence-electron chi connectivity index (χ3n) is 5.55. The number of hydrogen-bond donors (Lipinski definition) is 0. The predicted molar refractivity (Wildman–Crippen MR) is 120 cm³/mol. The van der Waals surface area contributed by atoms with Gasteiger partial charge in [-0.3, -0.25) is 0 Å². The van der Waals surface area contributed by atoms with Gasteiger partial charge in [0.25, 0.3) is 0 Å². The lowest BCUT2D eigenvalue weighted by atomic mass is 10.1. The van der Waals surface area contributed by atoms with Crippen molar-refractivity contribution in [2.45, 2.75) is 0 Å². The van der Waals surface area contributed by atoms with Crippen LogP contribution in [0.2, 0.25) is 0 Å². The summed E-state index contributed by atoms with van der Waals surface area (Å²) >= 11 is 0. The number of aromatic nitrogens is 3. The van der Waals surface area contributed by atoms with E-state index in [1.165, 1.54) is 5.39 Å². The smallest absolute Gasteiger partial charge is 0.151 e. The quantitative estimate of drug-likeness (QED) is 0.518. The van der Waals surface area contributed by atoms with Gasteiger partial charge in [-0.1, -0.05) is 18.2 Å². The maximum absolute atomic E-state index is 5.21.